The summed E-state index contributed by atoms with van der Waals surface area (Å²) in [5.41, 5.74) is 2.15. The Morgan fingerprint density at radius 1 is 0.885 bits per heavy atom. The molecular weight excluding hydrogens is 657 g/mol. The minimum Gasteiger partial charge on any atom is -0.466 e. The van der Waals surface area contributed by atoms with Gasteiger partial charge in [0.1, 0.15) is 0 Å². The Balaban J connectivity index is 1.20. The molecule has 0 saturated heterocycles. The van der Waals surface area contributed by atoms with E-state index in [9.17, 15) is 9.90 Å². The molecule has 2 aromatic carbocycles. The van der Waals surface area contributed by atoms with Crippen molar-refractivity contribution in [3.8, 4) is 0 Å². The van der Waals surface area contributed by atoms with E-state index in [4.69, 9.17) is 9.16 Å². The van der Waals surface area contributed by atoms with Gasteiger partial charge in [0.2, 0.25) is 0 Å². The number of aliphatic hydroxyl groups is 1. The van der Waals surface area contributed by atoms with E-state index in [0.29, 0.717) is 36.7 Å². The molecule has 52 heavy (non-hydrogen) atoms. The van der Waals surface area contributed by atoms with Crippen LogP contribution >= 0.6 is 0 Å². The number of fused-ring (bicyclic) bond motifs is 5. The van der Waals surface area contributed by atoms with Gasteiger partial charge in [0, 0.05) is 6.10 Å². The van der Waals surface area contributed by atoms with Crippen LogP contribution in [0.15, 0.2) is 72.3 Å². The predicted octanol–water partition coefficient (Wildman–Crippen LogP) is 10.1. The van der Waals surface area contributed by atoms with Crippen molar-refractivity contribution < 1.29 is 19.1 Å². The van der Waals surface area contributed by atoms with E-state index in [1.54, 1.807) is 5.57 Å². The largest absolute Gasteiger partial charge is 0.466 e. The van der Waals surface area contributed by atoms with Gasteiger partial charge in [-0.15, -0.1) is 0 Å². The smallest absolute Gasteiger partial charge is 0.309 e. The number of hydrogen-bond acceptors (Lipinski definition) is 4. The third kappa shape index (κ3) is 7.17. The Morgan fingerprint density at radius 2 is 1.52 bits per heavy atom. The van der Waals surface area contributed by atoms with Crippen molar-refractivity contribution in [2.24, 2.45) is 52.3 Å². The zero-order valence-electron chi connectivity index (χ0n) is 34.0. The standard InChI is InChI=1S/C47H70O4Si/c1-10-50-44(49)34(29-32(2)3)30-43(48)33(4)40-23-24-41-39-22-21-35-31-36(25-27-46(35,8)42(39)26-28-47(40,41)9)51-52(45(5,6)7,37-17-13-11-14-18-37)38-19-15-12-16-20-38/h11-21,32-34,36,39-43,48H,10,22-31H2,1-9H3/t33-,34-,36-,39-,40+,41-,42-,43-,46-,47+/m0/s1. The van der Waals surface area contributed by atoms with Crippen LogP contribution in [0.4, 0.5) is 0 Å². The third-order valence-electron chi connectivity index (χ3n) is 15.0. The van der Waals surface area contributed by atoms with Crippen LogP contribution in [0.2, 0.25) is 5.04 Å². The summed E-state index contributed by atoms with van der Waals surface area (Å²) in [7, 11) is -2.61. The minimum atomic E-state index is -2.61. The van der Waals surface area contributed by atoms with Gasteiger partial charge < -0.3 is 14.3 Å². The Kier molecular flexibility index (Phi) is 11.8. The average Bonchev–Trinajstić information content (AvgIpc) is 3.47. The van der Waals surface area contributed by atoms with Gasteiger partial charge in [0.05, 0.1) is 18.6 Å². The molecule has 1 N–H and O–H groups in total. The first-order chi connectivity index (χ1) is 24.7. The number of esters is 1. The molecule has 3 fully saturated rings. The lowest BCUT2D eigenvalue weighted by molar-refractivity contribution is -0.150. The highest BCUT2D eigenvalue weighted by Crippen LogP contribution is 2.67. The second kappa shape index (κ2) is 15.5. The quantitative estimate of drug-likeness (QED) is 0.134. The van der Waals surface area contributed by atoms with E-state index >= 15 is 0 Å². The number of carbonyl (C=O) groups is 1. The molecule has 0 aromatic heterocycles. The molecule has 10 atom stereocenters. The van der Waals surface area contributed by atoms with Crippen LogP contribution in [0, 0.1) is 52.3 Å². The summed E-state index contributed by atoms with van der Waals surface area (Å²) in [6, 6.07) is 22.3. The first-order valence-corrected chi connectivity index (χ1v) is 22.9. The van der Waals surface area contributed by atoms with Crippen molar-refractivity contribution in [2.45, 2.75) is 144 Å². The summed E-state index contributed by atoms with van der Waals surface area (Å²) in [4.78, 5) is 12.9. The van der Waals surface area contributed by atoms with E-state index in [1.807, 2.05) is 6.92 Å². The second-order valence-electron chi connectivity index (χ2n) is 19.4. The molecule has 0 bridgehead atoms. The Bertz CT molecular complexity index is 1490. The lowest BCUT2D eigenvalue weighted by Gasteiger charge is -2.59. The van der Waals surface area contributed by atoms with Gasteiger partial charge in [-0.05, 0) is 133 Å². The number of rotatable bonds is 12. The van der Waals surface area contributed by atoms with Gasteiger partial charge in [0.15, 0.2) is 0 Å². The number of allylic oxidation sites excluding steroid dienone is 1. The number of benzene rings is 2. The van der Waals surface area contributed by atoms with E-state index < -0.39 is 14.4 Å². The number of aliphatic hydroxyl groups excluding tert-OH is 1. The summed E-state index contributed by atoms with van der Waals surface area (Å²) in [6.45, 7) is 21.2. The van der Waals surface area contributed by atoms with Crippen LogP contribution in [-0.4, -0.2) is 38.2 Å². The zero-order valence-corrected chi connectivity index (χ0v) is 35.0. The molecule has 0 amide bonds. The van der Waals surface area contributed by atoms with Gasteiger partial charge in [-0.2, -0.15) is 0 Å². The van der Waals surface area contributed by atoms with Gasteiger partial charge >= 0.3 is 5.97 Å². The molecule has 0 unspecified atom stereocenters. The maximum absolute atomic E-state index is 12.9. The average molecular weight is 727 g/mol. The highest BCUT2D eigenvalue weighted by atomic mass is 28.4. The first kappa shape index (κ1) is 39.5. The lowest BCUT2D eigenvalue weighted by Crippen LogP contribution is -2.68. The number of hydrogen-bond donors (Lipinski definition) is 1. The van der Waals surface area contributed by atoms with Gasteiger partial charge in [-0.25, -0.2) is 0 Å². The van der Waals surface area contributed by atoms with E-state index in [2.05, 4.69) is 122 Å². The molecule has 4 aliphatic rings. The predicted molar refractivity (Wildman–Crippen MR) is 217 cm³/mol. The number of ether oxygens (including phenoxy) is 1. The van der Waals surface area contributed by atoms with Crippen LogP contribution in [0.3, 0.4) is 0 Å². The van der Waals surface area contributed by atoms with E-state index in [-0.39, 0.29) is 39.8 Å². The first-order valence-electron chi connectivity index (χ1n) is 21.0. The van der Waals surface area contributed by atoms with Crippen molar-refractivity contribution in [3.05, 3.63) is 72.3 Å². The minimum absolute atomic E-state index is 0.0196. The molecule has 0 aliphatic heterocycles. The van der Waals surface area contributed by atoms with Crippen molar-refractivity contribution in [1.29, 1.82) is 0 Å². The van der Waals surface area contributed by atoms with Crippen LogP contribution in [0.25, 0.3) is 0 Å². The zero-order chi connectivity index (χ0) is 37.5. The van der Waals surface area contributed by atoms with Crippen LogP contribution in [0.1, 0.15) is 127 Å². The molecule has 4 aliphatic carbocycles. The molecule has 2 aromatic rings. The van der Waals surface area contributed by atoms with Crippen molar-refractivity contribution in [1.82, 2.24) is 0 Å². The van der Waals surface area contributed by atoms with Gasteiger partial charge in [-0.1, -0.05) is 128 Å². The maximum atomic E-state index is 12.9. The van der Waals surface area contributed by atoms with Crippen LogP contribution < -0.4 is 10.4 Å². The van der Waals surface area contributed by atoms with E-state index in [0.717, 1.165) is 25.2 Å². The van der Waals surface area contributed by atoms with Gasteiger partial charge in [0.25, 0.3) is 8.32 Å². The SMILES string of the molecule is CCOC(=O)[C@@H](CC(C)C)C[C@H](O)[C@@H](C)[C@H]1CC[C@H]2[C@@H]3CC=C4C[C@@H](O[Si](c5ccccc5)(c5ccccc5)C(C)(C)C)CC[C@]4(C)[C@H]3CC[C@]12C. The van der Waals surface area contributed by atoms with E-state index in [1.165, 1.54) is 48.9 Å². The third-order valence-corrected chi connectivity index (χ3v) is 20.1. The molecule has 0 spiro atoms. The topological polar surface area (TPSA) is 55.8 Å². The normalized spacial score (nSPS) is 32.2. The highest BCUT2D eigenvalue weighted by Gasteiger charge is 2.60. The Labute approximate surface area is 317 Å². The van der Waals surface area contributed by atoms with Crippen LogP contribution in [0.5, 0.6) is 0 Å². The van der Waals surface area contributed by atoms with Crippen molar-refractivity contribution in [2.75, 3.05) is 6.61 Å². The van der Waals surface area contributed by atoms with Crippen molar-refractivity contribution >= 4 is 24.7 Å². The second-order valence-corrected chi connectivity index (χ2v) is 23.6. The fourth-order valence-electron chi connectivity index (χ4n) is 12.5. The Hall–Kier alpha value is -2.21. The maximum Gasteiger partial charge on any atom is 0.309 e. The molecule has 4 nitrogen and oxygen atoms in total. The summed E-state index contributed by atoms with van der Waals surface area (Å²) >= 11 is 0. The lowest BCUT2D eigenvalue weighted by atomic mass is 9.47. The molecule has 0 radical (unpaired) electrons. The summed E-state index contributed by atoms with van der Waals surface area (Å²) in [5, 5.41) is 14.4. The summed E-state index contributed by atoms with van der Waals surface area (Å²) in [5.74, 6) is 2.83. The molecule has 286 valence electrons. The van der Waals surface area contributed by atoms with Gasteiger partial charge in [-0.3, -0.25) is 4.79 Å². The molecular formula is C47H70O4Si. The van der Waals surface area contributed by atoms with Crippen LogP contribution in [-0.2, 0) is 14.0 Å². The molecule has 0 heterocycles. The molecule has 5 heteroatoms. The monoisotopic (exact) mass is 727 g/mol. The summed E-state index contributed by atoms with van der Waals surface area (Å²) in [6.07, 6.45) is 13.3. The molecule has 3 saturated carbocycles. The Morgan fingerprint density at radius 3 is 2.10 bits per heavy atom. The molecule has 6 rings (SSSR count). The number of carbonyl (C=O) groups excluding carboxylic acids is 1. The van der Waals surface area contributed by atoms with Crippen molar-refractivity contribution in [3.63, 3.8) is 0 Å². The summed E-state index contributed by atoms with van der Waals surface area (Å²) < 4.78 is 13.2. The highest BCUT2D eigenvalue weighted by molar-refractivity contribution is 6.99. The fraction of sp³-hybridized carbons (Fsp3) is 0.681. The fourth-order valence-corrected chi connectivity index (χ4v) is 17.2.